The van der Waals surface area contributed by atoms with Gasteiger partial charge in [-0.05, 0) is 50.6 Å². The number of benzene rings is 1. The van der Waals surface area contributed by atoms with Gasteiger partial charge < -0.3 is 9.73 Å². The molecule has 1 N–H and O–H groups in total. The third-order valence-corrected chi connectivity index (χ3v) is 3.73. The van der Waals surface area contributed by atoms with E-state index in [-0.39, 0.29) is 0 Å². The number of aromatic nitrogens is 4. The summed E-state index contributed by atoms with van der Waals surface area (Å²) in [5.41, 5.74) is 1.60. The van der Waals surface area contributed by atoms with Crippen molar-refractivity contribution < 1.29 is 4.42 Å². The van der Waals surface area contributed by atoms with E-state index in [1.807, 2.05) is 18.2 Å². The summed E-state index contributed by atoms with van der Waals surface area (Å²) in [5, 5.41) is 14.9. The van der Waals surface area contributed by atoms with Crippen LogP contribution >= 0.6 is 27.5 Å². The minimum atomic E-state index is 0.520. The molecule has 0 fully saturated rings. The van der Waals surface area contributed by atoms with Crippen molar-refractivity contribution in [1.82, 2.24) is 20.2 Å². The molecule has 2 aromatic heterocycles. The molecule has 1 aromatic carbocycles. The van der Waals surface area contributed by atoms with Crippen molar-refractivity contribution in [2.24, 2.45) is 0 Å². The fourth-order valence-corrected chi connectivity index (χ4v) is 2.22. The maximum Gasteiger partial charge on any atom is 0.143 e. The molecule has 0 aliphatic carbocycles. The van der Waals surface area contributed by atoms with Gasteiger partial charge in [0.05, 0.1) is 33.7 Å². The maximum atomic E-state index is 6.17. The van der Waals surface area contributed by atoms with Gasteiger partial charge in [-0.25, -0.2) is 4.68 Å². The molecule has 0 atom stereocenters. The Kier molecular flexibility index (Phi) is 3.70. The summed E-state index contributed by atoms with van der Waals surface area (Å²) in [4.78, 5) is 0. The molecule has 0 saturated carbocycles. The highest BCUT2D eigenvalue weighted by atomic mass is 79.9. The largest absolute Gasteiger partial charge is 0.466 e. The number of hydrogen-bond acceptors (Lipinski definition) is 5. The minimum absolute atomic E-state index is 0.520. The molecular weight excluding hydrogens is 346 g/mol. The SMILES string of the molecule is Clc1ccc(-n2cnnn2)cc1NCc1occc1Br. The highest BCUT2D eigenvalue weighted by Crippen LogP contribution is 2.26. The van der Waals surface area contributed by atoms with Crippen molar-refractivity contribution in [3.8, 4) is 5.69 Å². The van der Waals surface area contributed by atoms with E-state index < -0.39 is 0 Å². The topological polar surface area (TPSA) is 68.8 Å². The van der Waals surface area contributed by atoms with Gasteiger partial charge in [0.15, 0.2) is 0 Å². The van der Waals surface area contributed by atoms with E-state index in [0.717, 1.165) is 21.6 Å². The molecular formula is C12H9BrClN5O. The standard InChI is InChI=1S/C12H9BrClN5O/c13-9-3-4-20-12(9)6-15-11-5-8(1-2-10(11)14)19-7-16-17-18-19/h1-5,7,15H,6H2. The average molecular weight is 355 g/mol. The number of nitrogens with zero attached hydrogens (tertiary/aromatic N) is 4. The van der Waals surface area contributed by atoms with Gasteiger partial charge in [-0.3, -0.25) is 0 Å². The fraction of sp³-hybridized carbons (Fsp3) is 0.0833. The van der Waals surface area contributed by atoms with E-state index in [1.54, 1.807) is 17.0 Å². The van der Waals surface area contributed by atoms with Crippen molar-refractivity contribution in [1.29, 1.82) is 0 Å². The second kappa shape index (κ2) is 5.64. The van der Waals surface area contributed by atoms with Crippen molar-refractivity contribution in [2.75, 3.05) is 5.32 Å². The Labute approximate surface area is 127 Å². The first-order chi connectivity index (χ1) is 9.74. The molecule has 0 radical (unpaired) electrons. The van der Waals surface area contributed by atoms with Crippen LogP contribution in [0.4, 0.5) is 5.69 Å². The van der Waals surface area contributed by atoms with Crippen LogP contribution in [0.5, 0.6) is 0 Å². The smallest absolute Gasteiger partial charge is 0.143 e. The third-order valence-electron chi connectivity index (χ3n) is 2.69. The van der Waals surface area contributed by atoms with E-state index in [4.69, 9.17) is 16.0 Å². The average Bonchev–Trinajstić information content (AvgIpc) is 3.10. The van der Waals surface area contributed by atoms with Crippen molar-refractivity contribution >= 4 is 33.2 Å². The summed E-state index contributed by atoms with van der Waals surface area (Å²) in [6.07, 6.45) is 3.15. The summed E-state index contributed by atoms with van der Waals surface area (Å²) in [7, 11) is 0. The van der Waals surface area contributed by atoms with Gasteiger partial charge in [-0.1, -0.05) is 11.6 Å². The lowest BCUT2D eigenvalue weighted by atomic mass is 10.2. The lowest BCUT2D eigenvalue weighted by Gasteiger charge is -2.09. The molecule has 102 valence electrons. The predicted octanol–water partition coefficient (Wildman–Crippen LogP) is 3.28. The molecule has 0 saturated heterocycles. The van der Waals surface area contributed by atoms with E-state index in [9.17, 15) is 0 Å². The van der Waals surface area contributed by atoms with Crippen LogP contribution in [0.3, 0.4) is 0 Å². The summed E-state index contributed by atoms with van der Waals surface area (Å²) in [6.45, 7) is 0.520. The van der Waals surface area contributed by atoms with E-state index in [2.05, 4.69) is 36.8 Å². The number of furan rings is 1. The Bertz CT molecular complexity index is 712. The highest BCUT2D eigenvalue weighted by Gasteiger charge is 2.07. The molecule has 0 spiro atoms. The summed E-state index contributed by atoms with van der Waals surface area (Å²) in [5.74, 6) is 0.800. The van der Waals surface area contributed by atoms with E-state index in [0.29, 0.717) is 11.6 Å². The Morgan fingerprint density at radius 2 is 2.25 bits per heavy atom. The first-order valence-electron chi connectivity index (χ1n) is 5.72. The zero-order chi connectivity index (χ0) is 13.9. The second-order valence-corrected chi connectivity index (χ2v) is 5.23. The monoisotopic (exact) mass is 353 g/mol. The van der Waals surface area contributed by atoms with E-state index >= 15 is 0 Å². The van der Waals surface area contributed by atoms with Crippen LogP contribution < -0.4 is 5.32 Å². The van der Waals surface area contributed by atoms with Gasteiger partial charge >= 0.3 is 0 Å². The van der Waals surface area contributed by atoms with Crippen molar-refractivity contribution in [2.45, 2.75) is 6.54 Å². The van der Waals surface area contributed by atoms with Crippen LogP contribution in [0.25, 0.3) is 5.69 Å². The van der Waals surface area contributed by atoms with Crippen LogP contribution in [0, 0.1) is 0 Å². The maximum absolute atomic E-state index is 6.17. The predicted molar refractivity (Wildman–Crippen MR) is 77.9 cm³/mol. The molecule has 6 nitrogen and oxygen atoms in total. The van der Waals surface area contributed by atoms with Gasteiger partial charge in [-0.2, -0.15) is 0 Å². The number of tetrazole rings is 1. The summed E-state index contributed by atoms with van der Waals surface area (Å²) in [6, 6.07) is 7.34. The van der Waals surface area contributed by atoms with Crippen LogP contribution in [0.1, 0.15) is 5.76 Å². The molecule has 2 heterocycles. The second-order valence-electron chi connectivity index (χ2n) is 3.96. The molecule has 0 aliphatic rings. The normalized spacial score (nSPS) is 10.7. The number of nitrogens with one attached hydrogen (secondary N) is 1. The number of halogens is 2. The van der Waals surface area contributed by atoms with Crippen LogP contribution in [0.15, 0.2) is 45.7 Å². The molecule has 8 heteroatoms. The number of rotatable bonds is 4. The number of hydrogen-bond donors (Lipinski definition) is 1. The van der Waals surface area contributed by atoms with E-state index in [1.165, 1.54) is 6.33 Å². The van der Waals surface area contributed by atoms with Crippen LogP contribution in [-0.4, -0.2) is 20.2 Å². The fourth-order valence-electron chi connectivity index (χ4n) is 1.70. The summed E-state index contributed by atoms with van der Waals surface area (Å²) < 4.78 is 7.81. The molecule has 0 unspecified atom stereocenters. The Morgan fingerprint density at radius 3 is 2.95 bits per heavy atom. The lowest BCUT2D eigenvalue weighted by Crippen LogP contribution is -2.02. The minimum Gasteiger partial charge on any atom is -0.466 e. The Balaban J connectivity index is 1.82. The van der Waals surface area contributed by atoms with Gasteiger partial charge in [0, 0.05) is 0 Å². The Morgan fingerprint density at radius 1 is 1.35 bits per heavy atom. The van der Waals surface area contributed by atoms with Gasteiger partial charge in [0.25, 0.3) is 0 Å². The molecule has 0 amide bonds. The Hall–Kier alpha value is -1.86. The lowest BCUT2D eigenvalue weighted by molar-refractivity contribution is 0.516. The van der Waals surface area contributed by atoms with Crippen LogP contribution in [0.2, 0.25) is 5.02 Å². The molecule has 0 aliphatic heterocycles. The third kappa shape index (κ3) is 2.68. The van der Waals surface area contributed by atoms with Crippen molar-refractivity contribution in [3.63, 3.8) is 0 Å². The van der Waals surface area contributed by atoms with Crippen molar-refractivity contribution in [3.05, 3.63) is 52.1 Å². The molecule has 20 heavy (non-hydrogen) atoms. The van der Waals surface area contributed by atoms with Crippen LogP contribution in [-0.2, 0) is 6.54 Å². The first-order valence-corrected chi connectivity index (χ1v) is 6.90. The highest BCUT2D eigenvalue weighted by molar-refractivity contribution is 9.10. The zero-order valence-electron chi connectivity index (χ0n) is 10.1. The van der Waals surface area contributed by atoms with Gasteiger partial charge in [0.2, 0.25) is 0 Å². The first kappa shape index (κ1) is 13.1. The molecule has 3 rings (SSSR count). The quantitative estimate of drug-likeness (QED) is 0.778. The molecule has 3 aromatic rings. The zero-order valence-corrected chi connectivity index (χ0v) is 12.5. The van der Waals surface area contributed by atoms with Gasteiger partial charge in [0.1, 0.15) is 12.1 Å². The summed E-state index contributed by atoms with van der Waals surface area (Å²) >= 11 is 9.58. The van der Waals surface area contributed by atoms with Gasteiger partial charge in [-0.15, -0.1) is 5.10 Å². The number of anilines is 1. The molecule has 0 bridgehead atoms.